The van der Waals surface area contributed by atoms with Gasteiger partial charge < -0.3 is 16.2 Å². The van der Waals surface area contributed by atoms with Crippen LogP contribution in [-0.2, 0) is 0 Å². The van der Waals surface area contributed by atoms with Gasteiger partial charge in [-0.25, -0.2) is 0 Å². The van der Waals surface area contributed by atoms with E-state index in [2.05, 4.69) is 5.32 Å². The van der Waals surface area contributed by atoms with E-state index in [1.54, 1.807) is 18.2 Å². The number of amides is 1. The number of nitrogens with one attached hydrogen (secondary N) is 1. The molecule has 4 N–H and O–H groups in total. The van der Waals surface area contributed by atoms with Gasteiger partial charge in [0.2, 0.25) is 0 Å². The first kappa shape index (κ1) is 15.5. The molecule has 1 amide bonds. The summed E-state index contributed by atoms with van der Waals surface area (Å²) in [6.45, 7) is 0. The van der Waals surface area contributed by atoms with Crippen LogP contribution < -0.4 is 11.1 Å². The molecule has 1 heterocycles. The standard InChI is InChI=1S/C17H14N2O2S2/c18-14-10-15(16(21)19-11-4-2-1-3-5-11)23-17(14)22-13-8-6-12(20)7-9-13/h1-10,20H,18H2,(H,19,21). The maximum Gasteiger partial charge on any atom is 0.265 e. The third kappa shape index (κ3) is 3.85. The molecule has 6 heteroatoms. The average Bonchev–Trinajstić information content (AvgIpc) is 2.92. The number of nitrogens with two attached hydrogens (primary N) is 1. The normalized spacial score (nSPS) is 10.4. The molecule has 0 unspecified atom stereocenters. The van der Waals surface area contributed by atoms with Crippen LogP contribution in [0.3, 0.4) is 0 Å². The maximum absolute atomic E-state index is 12.3. The van der Waals surface area contributed by atoms with Gasteiger partial charge in [0, 0.05) is 10.6 Å². The number of hydrogen-bond acceptors (Lipinski definition) is 5. The van der Waals surface area contributed by atoms with Crippen LogP contribution in [0.5, 0.6) is 5.75 Å². The quantitative estimate of drug-likeness (QED) is 0.655. The number of carbonyl (C=O) groups is 1. The summed E-state index contributed by atoms with van der Waals surface area (Å²) < 4.78 is 0.855. The van der Waals surface area contributed by atoms with Crippen LogP contribution in [-0.4, -0.2) is 11.0 Å². The monoisotopic (exact) mass is 342 g/mol. The van der Waals surface area contributed by atoms with E-state index < -0.39 is 0 Å². The number of benzene rings is 2. The van der Waals surface area contributed by atoms with E-state index in [1.165, 1.54) is 23.1 Å². The lowest BCUT2D eigenvalue weighted by atomic mass is 10.3. The maximum atomic E-state index is 12.3. The molecule has 3 aromatic rings. The fraction of sp³-hybridized carbons (Fsp3) is 0. The Morgan fingerprint density at radius 3 is 2.48 bits per heavy atom. The first-order valence-corrected chi connectivity index (χ1v) is 8.48. The molecule has 116 valence electrons. The van der Waals surface area contributed by atoms with E-state index in [0.717, 1.165) is 14.8 Å². The van der Waals surface area contributed by atoms with Gasteiger partial charge in [0.05, 0.1) is 14.8 Å². The number of thiophene rings is 1. The molecule has 0 aliphatic heterocycles. The van der Waals surface area contributed by atoms with Crippen LogP contribution in [0, 0.1) is 0 Å². The molecule has 0 saturated carbocycles. The van der Waals surface area contributed by atoms with Crippen LogP contribution >= 0.6 is 23.1 Å². The highest BCUT2D eigenvalue weighted by Gasteiger charge is 2.14. The molecular weight excluding hydrogens is 328 g/mol. The Labute approximate surface area is 142 Å². The van der Waals surface area contributed by atoms with Crippen molar-refractivity contribution in [3.63, 3.8) is 0 Å². The highest BCUT2D eigenvalue weighted by Crippen LogP contribution is 2.39. The SMILES string of the molecule is Nc1cc(C(=O)Nc2ccccc2)sc1Sc1ccc(O)cc1. The molecule has 0 spiro atoms. The third-order valence-electron chi connectivity index (χ3n) is 3.03. The summed E-state index contributed by atoms with van der Waals surface area (Å²) >= 11 is 2.82. The van der Waals surface area contributed by atoms with Gasteiger partial charge in [-0.05, 0) is 42.5 Å². The summed E-state index contributed by atoms with van der Waals surface area (Å²) in [5.41, 5.74) is 7.33. The molecule has 0 radical (unpaired) electrons. The second-order valence-corrected chi connectivity index (χ2v) is 7.16. The van der Waals surface area contributed by atoms with E-state index >= 15 is 0 Å². The van der Waals surface area contributed by atoms with Crippen LogP contribution in [0.15, 0.2) is 69.8 Å². The lowest BCUT2D eigenvalue weighted by molar-refractivity contribution is 0.103. The molecule has 3 rings (SSSR count). The van der Waals surface area contributed by atoms with E-state index in [4.69, 9.17) is 5.73 Å². The minimum atomic E-state index is -0.176. The molecule has 0 fully saturated rings. The summed E-state index contributed by atoms with van der Waals surface area (Å²) in [6.07, 6.45) is 0. The number of phenolic OH excluding ortho intramolecular Hbond substituents is 1. The Balaban J connectivity index is 1.75. The van der Waals surface area contributed by atoms with Crippen molar-refractivity contribution in [2.75, 3.05) is 11.1 Å². The number of nitrogen functional groups attached to an aromatic ring is 1. The molecule has 0 saturated heterocycles. The van der Waals surface area contributed by atoms with Gasteiger partial charge in [0.15, 0.2) is 0 Å². The van der Waals surface area contributed by atoms with Crippen LogP contribution in [0.4, 0.5) is 11.4 Å². The lowest BCUT2D eigenvalue weighted by Gasteiger charge is -2.02. The zero-order valence-corrected chi connectivity index (χ0v) is 13.7. The number of carbonyl (C=O) groups excluding carboxylic acids is 1. The zero-order valence-electron chi connectivity index (χ0n) is 12.0. The molecule has 0 aliphatic rings. The van der Waals surface area contributed by atoms with Gasteiger partial charge >= 0.3 is 0 Å². The van der Waals surface area contributed by atoms with E-state index in [1.807, 2.05) is 42.5 Å². The number of para-hydroxylation sites is 1. The van der Waals surface area contributed by atoms with Gasteiger partial charge in [0.1, 0.15) is 5.75 Å². The first-order chi connectivity index (χ1) is 11.1. The van der Waals surface area contributed by atoms with Crippen molar-refractivity contribution in [3.8, 4) is 5.75 Å². The topological polar surface area (TPSA) is 75.4 Å². The van der Waals surface area contributed by atoms with Crippen molar-refractivity contribution < 1.29 is 9.90 Å². The largest absolute Gasteiger partial charge is 0.508 e. The lowest BCUT2D eigenvalue weighted by Crippen LogP contribution is -2.09. The highest BCUT2D eigenvalue weighted by molar-refractivity contribution is 8.01. The summed E-state index contributed by atoms with van der Waals surface area (Å²) in [5, 5.41) is 12.2. The van der Waals surface area contributed by atoms with Crippen molar-refractivity contribution in [2.45, 2.75) is 9.10 Å². The first-order valence-electron chi connectivity index (χ1n) is 6.84. The molecular formula is C17H14N2O2S2. The van der Waals surface area contributed by atoms with E-state index in [0.29, 0.717) is 10.6 Å². The summed E-state index contributed by atoms with van der Waals surface area (Å²) in [5.74, 6) is 0.0434. The Kier molecular flexibility index (Phi) is 4.55. The average molecular weight is 342 g/mol. The van der Waals surface area contributed by atoms with Crippen molar-refractivity contribution in [2.24, 2.45) is 0 Å². The number of rotatable bonds is 4. The Morgan fingerprint density at radius 2 is 1.78 bits per heavy atom. The molecule has 23 heavy (non-hydrogen) atoms. The summed E-state index contributed by atoms with van der Waals surface area (Å²) in [7, 11) is 0. The van der Waals surface area contributed by atoms with E-state index in [9.17, 15) is 9.90 Å². The molecule has 4 nitrogen and oxygen atoms in total. The molecule has 1 aromatic heterocycles. The van der Waals surface area contributed by atoms with E-state index in [-0.39, 0.29) is 11.7 Å². The zero-order chi connectivity index (χ0) is 16.2. The van der Waals surface area contributed by atoms with Crippen molar-refractivity contribution >= 4 is 40.4 Å². The predicted octanol–water partition coefficient (Wildman–Crippen LogP) is 4.44. The third-order valence-corrected chi connectivity index (χ3v) is 5.40. The minimum absolute atomic E-state index is 0.176. The Bertz CT molecular complexity index is 814. The van der Waals surface area contributed by atoms with Crippen molar-refractivity contribution in [1.82, 2.24) is 0 Å². The number of hydrogen-bond donors (Lipinski definition) is 3. The van der Waals surface area contributed by atoms with Gasteiger partial charge in [-0.2, -0.15) is 0 Å². The molecule has 0 atom stereocenters. The van der Waals surface area contributed by atoms with Crippen LogP contribution in [0.25, 0.3) is 0 Å². The fourth-order valence-electron chi connectivity index (χ4n) is 1.92. The number of anilines is 2. The predicted molar refractivity (Wildman–Crippen MR) is 95.4 cm³/mol. The summed E-state index contributed by atoms with van der Waals surface area (Å²) in [6, 6.07) is 17.8. The van der Waals surface area contributed by atoms with Gasteiger partial charge in [-0.1, -0.05) is 30.0 Å². The second-order valence-electron chi connectivity index (χ2n) is 4.77. The molecule has 2 aromatic carbocycles. The smallest absolute Gasteiger partial charge is 0.265 e. The minimum Gasteiger partial charge on any atom is -0.508 e. The van der Waals surface area contributed by atoms with Gasteiger partial charge in [-0.15, -0.1) is 11.3 Å². The highest BCUT2D eigenvalue weighted by atomic mass is 32.2. The Hall–Kier alpha value is -2.44. The van der Waals surface area contributed by atoms with Gasteiger partial charge in [-0.3, -0.25) is 4.79 Å². The van der Waals surface area contributed by atoms with Crippen LogP contribution in [0.2, 0.25) is 0 Å². The molecule has 0 bridgehead atoms. The Morgan fingerprint density at radius 1 is 1.09 bits per heavy atom. The second kappa shape index (κ2) is 6.76. The van der Waals surface area contributed by atoms with Gasteiger partial charge in [0.25, 0.3) is 5.91 Å². The van der Waals surface area contributed by atoms with Crippen LogP contribution in [0.1, 0.15) is 9.67 Å². The molecule has 0 aliphatic carbocycles. The van der Waals surface area contributed by atoms with Crippen molar-refractivity contribution in [1.29, 1.82) is 0 Å². The van der Waals surface area contributed by atoms with Crippen molar-refractivity contribution in [3.05, 3.63) is 65.5 Å². The number of phenols is 1. The summed E-state index contributed by atoms with van der Waals surface area (Å²) in [4.78, 5) is 13.8. The number of aromatic hydroxyl groups is 1. The fourth-order valence-corrected chi connectivity index (χ4v) is 4.01.